The zero-order valence-corrected chi connectivity index (χ0v) is 9.70. The van der Waals surface area contributed by atoms with Crippen LogP contribution in [0.2, 0.25) is 0 Å². The van der Waals surface area contributed by atoms with E-state index in [1.54, 1.807) is 6.07 Å². The van der Waals surface area contributed by atoms with Crippen molar-refractivity contribution in [1.29, 1.82) is 0 Å². The van der Waals surface area contributed by atoms with Crippen LogP contribution in [0.1, 0.15) is 0 Å². The lowest BCUT2D eigenvalue weighted by Crippen LogP contribution is -1.99. The standard InChI is InChI=1S/C10H8BrFN4/c11-7-2-1-6(12)3-8(7)15-10-5-14-4-9(13)16-10/h1-5H,(H3,13,15,16). The van der Waals surface area contributed by atoms with Crippen LogP contribution in [0, 0.1) is 5.82 Å². The Kier molecular flexibility index (Phi) is 3.00. The summed E-state index contributed by atoms with van der Waals surface area (Å²) in [6.07, 6.45) is 2.94. The molecule has 0 unspecified atom stereocenters. The maximum Gasteiger partial charge on any atom is 0.151 e. The van der Waals surface area contributed by atoms with Crippen LogP contribution in [-0.2, 0) is 0 Å². The van der Waals surface area contributed by atoms with Crippen LogP contribution < -0.4 is 11.1 Å². The second-order valence-electron chi connectivity index (χ2n) is 3.08. The van der Waals surface area contributed by atoms with Crippen LogP contribution in [0.5, 0.6) is 0 Å². The number of nitrogens with two attached hydrogens (primary N) is 1. The number of nitrogen functional groups attached to an aromatic ring is 1. The second kappa shape index (κ2) is 4.44. The van der Waals surface area contributed by atoms with Gasteiger partial charge in [0.25, 0.3) is 0 Å². The number of rotatable bonds is 2. The Hall–Kier alpha value is -1.69. The number of hydrogen-bond acceptors (Lipinski definition) is 4. The van der Waals surface area contributed by atoms with Gasteiger partial charge in [0.05, 0.1) is 18.1 Å². The summed E-state index contributed by atoms with van der Waals surface area (Å²) in [5.74, 6) is 0.436. The van der Waals surface area contributed by atoms with E-state index in [0.29, 0.717) is 17.3 Å². The van der Waals surface area contributed by atoms with Crippen molar-refractivity contribution in [2.75, 3.05) is 11.1 Å². The molecule has 2 rings (SSSR count). The first-order chi connectivity index (χ1) is 7.65. The van der Waals surface area contributed by atoms with Crippen molar-refractivity contribution >= 4 is 33.3 Å². The van der Waals surface area contributed by atoms with Crippen LogP contribution in [0.3, 0.4) is 0 Å². The molecule has 6 heteroatoms. The van der Waals surface area contributed by atoms with E-state index in [-0.39, 0.29) is 5.82 Å². The molecule has 16 heavy (non-hydrogen) atoms. The molecule has 3 N–H and O–H groups in total. The topological polar surface area (TPSA) is 63.8 Å². The molecular weight excluding hydrogens is 275 g/mol. The van der Waals surface area contributed by atoms with Crippen LogP contribution in [0.15, 0.2) is 35.1 Å². The molecule has 0 atom stereocenters. The van der Waals surface area contributed by atoms with Gasteiger partial charge in [0.2, 0.25) is 0 Å². The molecule has 1 heterocycles. The molecule has 1 aromatic carbocycles. The third-order valence-electron chi connectivity index (χ3n) is 1.84. The van der Waals surface area contributed by atoms with E-state index in [4.69, 9.17) is 5.73 Å². The maximum absolute atomic E-state index is 13.0. The molecule has 0 fully saturated rings. The zero-order valence-electron chi connectivity index (χ0n) is 8.11. The summed E-state index contributed by atoms with van der Waals surface area (Å²) in [7, 11) is 0. The van der Waals surface area contributed by atoms with Gasteiger partial charge in [0, 0.05) is 4.47 Å². The van der Waals surface area contributed by atoms with E-state index < -0.39 is 0 Å². The molecule has 0 aliphatic carbocycles. The van der Waals surface area contributed by atoms with Crippen molar-refractivity contribution in [2.45, 2.75) is 0 Å². The van der Waals surface area contributed by atoms with Crippen LogP contribution in [0.4, 0.5) is 21.7 Å². The van der Waals surface area contributed by atoms with Crippen molar-refractivity contribution in [1.82, 2.24) is 9.97 Å². The summed E-state index contributed by atoms with van der Waals surface area (Å²) in [5, 5.41) is 2.91. The van der Waals surface area contributed by atoms with Crippen molar-refractivity contribution in [3.63, 3.8) is 0 Å². The molecule has 0 aliphatic rings. The molecule has 0 spiro atoms. The average molecular weight is 283 g/mol. The molecule has 0 aliphatic heterocycles. The molecule has 1 aromatic heterocycles. The number of nitrogens with zero attached hydrogens (tertiary/aromatic N) is 2. The number of hydrogen-bond donors (Lipinski definition) is 2. The second-order valence-corrected chi connectivity index (χ2v) is 3.93. The molecule has 82 valence electrons. The van der Waals surface area contributed by atoms with Crippen molar-refractivity contribution in [3.05, 3.63) is 40.9 Å². The van der Waals surface area contributed by atoms with E-state index in [9.17, 15) is 4.39 Å². The molecule has 0 bridgehead atoms. The maximum atomic E-state index is 13.0. The first-order valence-electron chi connectivity index (χ1n) is 4.45. The number of aromatic nitrogens is 2. The van der Waals surface area contributed by atoms with Crippen LogP contribution in [0.25, 0.3) is 0 Å². The Bertz CT molecular complexity index is 518. The van der Waals surface area contributed by atoms with Gasteiger partial charge in [0.15, 0.2) is 5.82 Å². The smallest absolute Gasteiger partial charge is 0.151 e. The fourth-order valence-electron chi connectivity index (χ4n) is 1.17. The highest BCUT2D eigenvalue weighted by Gasteiger charge is 2.03. The Labute approximate surface area is 99.9 Å². The van der Waals surface area contributed by atoms with Gasteiger partial charge in [-0.3, -0.25) is 4.98 Å². The Balaban J connectivity index is 2.30. The lowest BCUT2D eigenvalue weighted by Gasteiger charge is -2.07. The summed E-state index contributed by atoms with van der Waals surface area (Å²) >= 11 is 3.30. The number of benzene rings is 1. The van der Waals surface area contributed by atoms with Crippen molar-refractivity contribution < 1.29 is 4.39 Å². The molecule has 0 amide bonds. The number of halogens is 2. The quantitative estimate of drug-likeness (QED) is 0.889. The zero-order chi connectivity index (χ0) is 11.5. The molecular formula is C10H8BrFN4. The monoisotopic (exact) mass is 282 g/mol. The van der Waals surface area contributed by atoms with E-state index >= 15 is 0 Å². The molecule has 2 aromatic rings. The largest absolute Gasteiger partial charge is 0.382 e. The van der Waals surface area contributed by atoms with Gasteiger partial charge < -0.3 is 11.1 Å². The molecule has 0 radical (unpaired) electrons. The summed E-state index contributed by atoms with van der Waals surface area (Å²) < 4.78 is 13.7. The third kappa shape index (κ3) is 2.46. The number of anilines is 3. The van der Waals surface area contributed by atoms with Gasteiger partial charge in [-0.1, -0.05) is 0 Å². The van der Waals surface area contributed by atoms with Crippen LogP contribution in [-0.4, -0.2) is 9.97 Å². The van der Waals surface area contributed by atoms with Gasteiger partial charge in [-0.05, 0) is 34.1 Å². The van der Waals surface area contributed by atoms with Crippen molar-refractivity contribution in [2.24, 2.45) is 0 Å². The minimum absolute atomic E-state index is 0.303. The van der Waals surface area contributed by atoms with E-state index in [0.717, 1.165) is 4.47 Å². The molecule has 0 saturated carbocycles. The third-order valence-corrected chi connectivity index (χ3v) is 2.54. The highest BCUT2D eigenvalue weighted by molar-refractivity contribution is 9.10. The van der Waals surface area contributed by atoms with Crippen LogP contribution >= 0.6 is 15.9 Å². The molecule has 4 nitrogen and oxygen atoms in total. The SMILES string of the molecule is Nc1cncc(Nc2cc(F)ccc2Br)n1. The lowest BCUT2D eigenvalue weighted by atomic mass is 10.3. The van der Waals surface area contributed by atoms with E-state index in [1.807, 2.05) is 0 Å². The first kappa shape index (κ1) is 10.8. The van der Waals surface area contributed by atoms with Gasteiger partial charge >= 0.3 is 0 Å². The number of nitrogens with one attached hydrogen (secondary N) is 1. The summed E-state index contributed by atoms with van der Waals surface area (Å²) in [6, 6.07) is 4.33. The average Bonchev–Trinajstić information content (AvgIpc) is 2.24. The summed E-state index contributed by atoms with van der Waals surface area (Å²) in [6.45, 7) is 0. The van der Waals surface area contributed by atoms with Crippen molar-refractivity contribution in [3.8, 4) is 0 Å². The molecule has 0 saturated heterocycles. The van der Waals surface area contributed by atoms with Gasteiger partial charge in [0.1, 0.15) is 11.6 Å². The predicted molar refractivity (Wildman–Crippen MR) is 63.8 cm³/mol. The summed E-state index contributed by atoms with van der Waals surface area (Å²) in [4.78, 5) is 7.87. The minimum Gasteiger partial charge on any atom is -0.382 e. The Morgan fingerprint density at radius 3 is 2.88 bits per heavy atom. The highest BCUT2D eigenvalue weighted by atomic mass is 79.9. The predicted octanol–water partition coefficient (Wildman–Crippen LogP) is 2.70. The van der Waals surface area contributed by atoms with Gasteiger partial charge in [-0.25, -0.2) is 9.37 Å². The van der Waals surface area contributed by atoms with Gasteiger partial charge in [-0.2, -0.15) is 0 Å². The Morgan fingerprint density at radius 2 is 2.12 bits per heavy atom. The Morgan fingerprint density at radius 1 is 1.31 bits per heavy atom. The summed E-state index contributed by atoms with van der Waals surface area (Å²) in [5.41, 5.74) is 6.05. The fraction of sp³-hybridized carbons (Fsp3) is 0. The first-order valence-corrected chi connectivity index (χ1v) is 5.24. The van der Waals surface area contributed by atoms with E-state index in [2.05, 4.69) is 31.2 Å². The van der Waals surface area contributed by atoms with Gasteiger partial charge in [-0.15, -0.1) is 0 Å². The fourth-order valence-corrected chi connectivity index (χ4v) is 1.52. The lowest BCUT2D eigenvalue weighted by molar-refractivity contribution is 0.628. The normalized spacial score (nSPS) is 10.1. The minimum atomic E-state index is -0.331. The van der Waals surface area contributed by atoms with E-state index in [1.165, 1.54) is 24.5 Å². The highest BCUT2D eigenvalue weighted by Crippen LogP contribution is 2.25.